The van der Waals surface area contributed by atoms with Crippen molar-refractivity contribution in [3.05, 3.63) is 42.2 Å². The van der Waals surface area contributed by atoms with E-state index in [0.29, 0.717) is 17.2 Å². The first-order valence-electron chi connectivity index (χ1n) is 6.01. The second kappa shape index (κ2) is 4.31. The molecular formula is C13H14N6. The Morgan fingerprint density at radius 2 is 2.16 bits per heavy atom. The lowest BCUT2D eigenvalue weighted by Gasteiger charge is -2.10. The number of nitrogen functional groups attached to an aromatic ring is 1. The lowest BCUT2D eigenvalue weighted by Crippen LogP contribution is -2.07. The summed E-state index contributed by atoms with van der Waals surface area (Å²) >= 11 is 0. The van der Waals surface area contributed by atoms with E-state index in [1.54, 1.807) is 12.5 Å². The highest BCUT2D eigenvalue weighted by Gasteiger charge is 2.16. The Morgan fingerprint density at radius 3 is 2.89 bits per heavy atom. The van der Waals surface area contributed by atoms with Crippen LogP contribution in [0.2, 0.25) is 0 Å². The zero-order valence-electron chi connectivity index (χ0n) is 10.8. The van der Waals surface area contributed by atoms with Crippen molar-refractivity contribution in [1.29, 1.82) is 0 Å². The Bertz CT molecular complexity index is 719. The number of anilines is 1. The van der Waals surface area contributed by atoms with Crippen LogP contribution in [0.15, 0.2) is 30.9 Å². The summed E-state index contributed by atoms with van der Waals surface area (Å²) in [6.45, 7) is 2.04. The predicted octanol–water partition coefficient (Wildman–Crippen LogP) is 1.49. The molecule has 3 heterocycles. The summed E-state index contributed by atoms with van der Waals surface area (Å²) in [6.07, 6.45) is 5.25. The Hall–Kier alpha value is -2.50. The van der Waals surface area contributed by atoms with Crippen LogP contribution in [-0.4, -0.2) is 24.5 Å². The smallest absolute Gasteiger partial charge is 0.165 e. The maximum atomic E-state index is 5.94. The first-order valence-corrected chi connectivity index (χ1v) is 6.01. The molecule has 0 fully saturated rings. The second-order valence-corrected chi connectivity index (χ2v) is 4.50. The summed E-state index contributed by atoms with van der Waals surface area (Å²) in [4.78, 5) is 17.2. The predicted molar refractivity (Wildman–Crippen MR) is 72.5 cm³/mol. The van der Waals surface area contributed by atoms with Gasteiger partial charge in [0.15, 0.2) is 11.5 Å². The lowest BCUT2D eigenvalue weighted by molar-refractivity contribution is 0.812. The molecule has 1 atom stereocenters. The molecule has 0 bridgehead atoms. The summed E-state index contributed by atoms with van der Waals surface area (Å²) in [7, 11) is 1.89. The van der Waals surface area contributed by atoms with Crippen LogP contribution in [0, 0.1) is 0 Å². The van der Waals surface area contributed by atoms with Crippen molar-refractivity contribution in [3.63, 3.8) is 0 Å². The van der Waals surface area contributed by atoms with E-state index in [1.807, 2.05) is 36.9 Å². The molecule has 96 valence electrons. The molecule has 3 aromatic heterocycles. The molecular weight excluding hydrogens is 240 g/mol. The number of aryl methyl sites for hydroxylation is 1. The minimum Gasteiger partial charge on any atom is -0.382 e. The van der Waals surface area contributed by atoms with Gasteiger partial charge < -0.3 is 10.3 Å². The van der Waals surface area contributed by atoms with Gasteiger partial charge in [-0.3, -0.25) is 4.98 Å². The fourth-order valence-corrected chi connectivity index (χ4v) is 2.02. The molecule has 0 aliphatic heterocycles. The Kier molecular flexibility index (Phi) is 2.63. The van der Waals surface area contributed by atoms with Crippen molar-refractivity contribution < 1.29 is 0 Å². The molecule has 0 aromatic carbocycles. The minimum absolute atomic E-state index is 0.0373. The van der Waals surface area contributed by atoms with Crippen LogP contribution in [0.5, 0.6) is 0 Å². The number of imidazole rings is 1. The molecule has 6 heteroatoms. The van der Waals surface area contributed by atoms with E-state index < -0.39 is 0 Å². The van der Waals surface area contributed by atoms with Crippen LogP contribution in [0.3, 0.4) is 0 Å². The minimum atomic E-state index is 0.0373. The highest BCUT2D eigenvalue weighted by Crippen LogP contribution is 2.23. The summed E-state index contributed by atoms with van der Waals surface area (Å²) in [6, 6.07) is 3.91. The summed E-state index contributed by atoms with van der Waals surface area (Å²) in [5, 5.41) is 0. The van der Waals surface area contributed by atoms with Crippen LogP contribution < -0.4 is 5.73 Å². The van der Waals surface area contributed by atoms with E-state index in [0.717, 1.165) is 11.2 Å². The van der Waals surface area contributed by atoms with Gasteiger partial charge in [0.2, 0.25) is 0 Å². The van der Waals surface area contributed by atoms with E-state index in [4.69, 9.17) is 5.73 Å². The monoisotopic (exact) mass is 254 g/mol. The molecule has 0 aliphatic carbocycles. The molecule has 0 aliphatic rings. The van der Waals surface area contributed by atoms with E-state index in [1.165, 1.54) is 0 Å². The summed E-state index contributed by atoms with van der Waals surface area (Å²) in [5.41, 5.74) is 8.39. The Labute approximate surface area is 110 Å². The average Bonchev–Trinajstić information content (AvgIpc) is 2.81. The van der Waals surface area contributed by atoms with Gasteiger partial charge in [-0.15, -0.1) is 0 Å². The average molecular weight is 254 g/mol. The van der Waals surface area contributed by atoms with Gasteiger partial charge in [-0.25, -0.2) is 15.0 Å². The molecule has 3 aromatic rings. The fourth-order valence-electron chi connectivity index (χ4n) is 2.02. The number of fused-ring (bicyclic) bond motifs is 1. The number of rotatable bonds is 2. The molecule has 6 nitrogen and oxygen atoms in total. The normalized spacial score (nSPS) is 12.7. The van der Waals surface area contributed by atoms with Crippen molar-refractivity contribution in [2.75, 3.05) is 5.73 Å². The van der Waals surface area contributed by atoms with Gasteiger partial charge in [0, 0.05) is 25.4 Å². The standard InChI is InChI=1S/C13H14N6/c1-8(9-4-3-5-15-6-9)12-17-11(14)10-13(18-12)19(2)7-16-10/h3-8H,1-2H3,(H2,14,17,18). The number of aromatic nitrogens is 5. The third kappa shape index (κ3) is 1.91. The van der Waals surface area contributed by atoms with Gasteiger partial charge in [0.1, 0.15) is 11.3 Å². The van der Waals surface area contributed by atoms with Gasteiger partial charge in [-0.2, -0.15) is 0 Å². The zero-order valence-corrected chi connectivity index (χ0v) is 10.8. The molecule has 0 spiro atoms. The first kappa shape index (κ1) is 11.6. The van der Waals surface area contributed by atoms with E-state index in [-0.39, 0.29) is 5.92 Å². The van der Waals surface area contributed by atoms with Crippen molar-refractivity contribution in [2.24, 2.45) is 7.05 Å². The van der Waals surface area contributed by atoms with Crippen molar-refractivity contribution in [2.45, 2.75) is 12.8 Å². The largest absolute Gasteiger partial charge is 0.382 e. The van der Waals surface area contributed by atoms with Crippen molar-refractivity contribution in [3.8, 4) is 0 Å². The summed E-state index contributed by atoms with van der Waals surface area (Å²) < 4.78 is 1.84. The van der Waals surface area contributed by atoms with E-state index >= 15 is 0 Å². The number of hydrogen-bond donors (Lipinski definition) is 1. The second-order valence-electron chi connectivity index (χ2n) is 4.50. The number of pyridine rings is 1. The molecule has 0 saturated heterocycles. The van der Waals surface area contributed by atoms with Crippen LogP contribution in [0.1, 0.15) is 24.2 Å². The highest BCUT2D eigenvalue weighted by atomic mass is 15.1. The van der Waals surface area contributed by atoms with Gasteiger partial charge in [-0.1, -0.05) is 13.0 Å². The molecule has 2 N–H and O–H groups in total. The SMILES string of the molecule is CC(c1cccnc1)c1nc(N)c2ncn(C)c2n1. The molecule has 0 saturated carbocycles. The zero-order chi connectivity index (χ0) is 13.4. The summed E-state index contributed by atoms with van der Waals surface area (Å²) in [5.74, 6) is 1.13. The molecule has 0 amide bonds. The maximum absolute atomic E-state index is 5.94. The number of nitrogens with zero attached hydrogens (tertiary/aromatic N) is 5. The van der Waals surface area contributed by atoms with Crippen LogP contribution in [0.25, 0.3) is 11.2 Å². The van der Waals surface area contributed by atoms with Gasteiger partial charge >= 0.3 is 0 Å². The molecule has 1 unspecified atom stereocenters. The number of nitrogens with two attached hydrogens (primary N) is 1. The Morgan fingerprint density at radius 1 is 1.32 bits per heavy atom. The van der Waals surface area contributed by atoms with Crippen LogP contribution in [-0.2, 0) is 7.05 Å². The molecule has 0 radical (unpaired) electrons. The molecule has 3 rings (SSSR count). The topological polar surface area (TPSA) is 82.5 Å². The molecule has 19 heavy (non-hydrogen) atoms. The fraction of sp³-hybridized carbons (Fsp3) is 0.231. The third-order valence-corrected chi connectivity index (χ3v) is 3.18. The van der Waals surface area contributed by atoms with Crippen LogP contribution in [0.4, 0.5) is 5.82 Å². The van der Waals surface area contributed by atoms with Crippen molar-refractivity contribution in [1.82, 2.24) is 24.5 Å². The maximum Gasteiger partial charge on any atom is 0.165 e. The quantitative estimate of drug-likeness (QED) is 0.749. The highest BCUT2D eigenvalue weighted by molar-refractivity contribution is 5.81. The Balaban J connectivity index is 2.13. The van der Waals surface area contributed by atoms with Gasteiger partial charge in [0.05, 0.1) is 6.33 Å². The van der Waals surface area contributed by atoms with E-state index in [9.17, 15) is 0 Å². The van der Waals surface area contributed by atoms with Crippen molar-refractivity contribution >= 4 is 17.0 Å². The van der Waals surface area contributed by atoms with E-state index in [2.05, 4.69) is 19.9 Å². The van der Waals surface area contributed by atoms with Crippen LogP contribution >= 0.6 is 0 Å². The third-order valence-electron chi connectivity index (χ3n) is 3.18. The van der Waals surface area contributed by atoms with Gasteiger partial charge in [-0.05, 0) is 11.6 Å². The van der Waals surface area contributed by atoms with Gasteiger partial charge in [0.25, 0.3) is 0 Å². The number of hydrogen-bond acceptors (Lipinski definition) is 5. The lowest BCUT2D eigenvalue weighted by atomic mass is 10.0. The first-order chi connectivity index (χ1) is 9.16.